The Hall–Kier alpha value is 0.200. The molecule has 1 aromatic heterocycles. The first-order valence-corrected chi connectivity index (χ1v) is 7.20. The number of thiophene rings is 1. The number of hydrogen-bond acceptors (Lipinski definition) is 3. The highest BCUT2D eigenvalue weighted by Gasteiger charge is 2.37. The standard InChI is InChI=1S/C10H11BrOS2/c1-10(3-2-4-14-10)9(12)7-5-8(11)13-6-7/h5-6H,2-4H2,1H3. The van der Waals surface area contributed by atoms with Crippen LogP contribution in [0.5, 0.6) is 0 Å². The SMILES string of the molecule is CC1(C(=O)c2csc(Br)c2)CCCS1. The van der Waals surface area contributed by atoms with Gasteiger partial charge in [0.15, 0.2) is 5.78 Å². The van der Waals surface area contributed by atoms with Gasteiger partial charge in [0, 0.05) is 10.9 Å². The lowest BCUT2D eigenvalue weighted by Crippen LogP contribution is -2.28. The molecule has 0 N–H and O–H groups in total. The Bertz CT molecular complexity index is 353. The number of Topliss-reactive ketones (excluding diaryl/α,β-unsaturated/α-hetero) is 1. The summed E-state index contributed by atoms with van der Waals surface area (Å²) in [5, 5.41) is 1.94. The fraction of sp³-hybridized carbons (Fsp3) is 0.500. The van der Waals surface area contributed by atoms with Crippen molar-refractivity contribution >= 4 is 44.8 Å². The molecule has 4 heteroatoms. The lowest BCUT2D eigenvalue weighted by molar-refractivity contribution is 0.0949. The van der Waals surface area contributed by atoms with Crippen LogP contribution in [0.4, 0.5) is 0 Å². The highest BCUT2D eigenvalue weighted by molar-refractivity contribution is 9.11. The molecule has 2 heterocycles. The van der Waals surface area contributed by atoms with E-state index in [0.29, 0.717) is 5.78 Å². The summed E-state index contributed by atoms with van der Waals surface area (Å²) in [6.07, 6.45) is 2.18. The van der Waals surface area contributed by atoms with E-state index in [0.717, 1.165) is 27.9 Å². The molecule has 0 saturated carbocycles. The van der Waals surface area contributed by atoms with E-state index in [4.69, 9.17) is 0 Å². The van der Waals surface area contributed by atoms with Crippen molar-refractivity contribution in [1.82, 2.24) is 0 Å². The maximum atomic E-state index is 12.1. The lowest BCUT2D eigenvalue weighted by Gasteiger charge is -2.19. The van der Waals surface area contributed by atoms with Crippen molar-refractivity contribution in [2.45, 2.75) is 24.5 Å². The number of carbonyl (C=O) groups is 1. The van der Waals surface area contributed by atoms with Gasteiger partial charge in [0.1, 0.15) is 0 Å². The molecule has 1 saturated heterocycles. The summed E-state index contributed by atoms with van der Waals surface area (Å²) < 4.78 is 0.869. The molecule has 76 valence electrons. The predicted molar refractivity (Wildman–Crippen MR) is 66.4 cm³/mol. The number of ketones is 1. The number of hydrogen-bond donors (Lipinski definition) is 0. The van der Waals surface area contributed by atoms with E-state index in [2.05, 4.69) is 22.9 Å². The van der Waals surface area contributed by atoms with E-state index in [1.165, 1.54) is 0 Å². The first-order chi connectivity index (χ1) is 6.62. The second-order valence-electron chi connectivity index (χ2n) is 3.65. The summed E-state index contributed by atoms with van der Waals surface area (Å²) in [5.41, 5.74) is 0.860. The normalized spacial score (nSPS) is 26.7. The molecule has 1 aromatic rings. The van der Waals surface area contributed by atoms with Gasteiger partial charge in [0.05, 0.1) is 8.53 Å². The van der Waals surface area contributed by atoms with Gasteiger partial charge in [0.2, 0.25) is 0 Å². The molecule has 0 amide bonds. The smallest absolute Gasteiger partial charge is 0.179 e. The third-order valence-electron chi connectivity index (χ3n) is 2.53. The molecule has 1 aliphatic heterocycles. The van der Waals surface area contributed by atoms with Crippen LogP contribution in [0.1, 0.15) is 30.1 Å². The van der Waals surface area contributed by atoms with Crippen LogP contribution in [-0.4, -0.2) is 16.3 Å². The molecule has 1 aliphatic rings. The van der Waals surface area contributed by atoms with Crippen molar-refractivity contribution in [1.29, 1.82) is 0 Å². The average Bonchev–Trinajstić information content (AvgIpc) is 2.74. The number of halogens is 1. The Morgan fingerprint density at radius 2 is 2.43 bits per heavy atom. The summed E-state index contributed by atoms with van der Waals surface area (Å²) in [4.78, 5) is 12.1. The van der Waals surface area contributed by atoms with Crippen LogP contribution >= 0.6 is 39.0 Å². The van der Waals surface area contributed by atoms with Crippen molar-refractivity contribution < 1.29 is 4.79 Å². The third-order valence-corrected chi connectivity index (χ3v) is 5.55. The van der Waals surface area contributed by atoms with Crippen LogP contribution < -0.4 is 0 Å². The zero-order valence-electron chi connectivity index (χ0n) is 7.88. The molecule has 1 nitrogen and oxygen atoms in total. The van der Waals surface area contributed by atoms with Crippen LogP contribution in [0.15, 0.2) is 15.2 Å². The van der Waals surface area contributed by atoms with Gasteiger partial charge in [-0.1, -0.05) is 0 Å². The molecule has 0 spiro atoms. The fourth-order valence-corrected chi connectivity index (χ4v) is 4.11. The minimum atomic E-state index is -0.166. The summed E-state index contributed by atoms with van der Waals surface area (Å²) >= 11 is 6.76. The minimum Gasteiger partial charge on any atom is -0.293 e. The second kappa shape index (κ2) is 3.99. The predicted octanol–water partition coefficient (Wildman–Crippen LogP) is 3.98. The molecular weight excluding hydrogens is 280 g/mol. The van der Waals surface area contributed by atoms with Gasteiger partial charge < -0.3 is 0 Å². The van der Waals surface area contributed by atoms with Gasteiger partial charge in [-0.2, -0.15) is 0 Å². The third kappa shape index (κ3) is 1.92. The molecule has 0 aliphatic carbocycles. The Kier molecular flexibility index (Phi) is 3.05. The maximum absolute atomic E-state index is 12.1. The van der Waals surface area contributed by atoms with Crippen LogP contribution in [-0.2, 0) is 0 Å². The van der Waals surface area contributed by atoms with E-state index >= 15 is 0 Å². The fourth-order valence-electron chi connectivity index (χ4n) is 1.69. The minimum absolute atomic E-state index is 0.166. The lowest BCUT2D eigenvalue weighted by atomic mass is 9.96. The van der Waals surface area contributed by atoms with E-state index in [-0.39, 0.29) is 4.75 Å². The van der Waals surface area contributed by atoms with Gasteiger partial charge in [-0.25, -0.2) is 0 Å². The van der Waals surface area contributed by atoms with E-state index in [1.54, 1.807) is 23.1 Å². The van der Waals surface area contributed by atoms with Crippen LogP contribution in [0.25, 0.3) is 0 Å². The van der Waals surface area contributed by atoms with Crippen molar-refractivity contribution in [3.63, 3.8) is 0 Å². The van der Waals surface area contributed by atoms with Crippen LogP contribution in [0.2, 0.25) is 0 Å². The van der Waals surface area contributed by atoms with Crippen LogP contribution in [0.3, 0.4) is 0 Å². The van der Waals surface area contributed by atoms with E-state index in [1.807, 2.05) is 11.4 Å². The van der Waals surface area contributed by atoms with Gasteiger partial charge in [-0.15, -0.1) is 23.1 Å². The van der Waals surface area contributed by atoms with Gasteiger partial charge in [0.25, 0.3) is 0 Å². The molecule has 2 rings (SSSR count). The Labute approximate surface area is 100 Å². The maximum Gasteiger partial charge on any atom is 0.179 e. The molecule has 0 aromatic carbocycles. The number of carbonyl (C=O) groups excluding carboxylic acids is 1. The quantitative estimate of drug-likeness (QED) is 0.767. The first-order valence-electron chi connectivity index (χ1n) is 4.55. The Morgan fingerprint density at radius 3 is 2.93 bits per heavy atom. The molecule has 14 heavy (non-hydrogen) atoms. The zero-order chi connectivity index (χ0) is 10.2. The number of thioether (sulfide) groups is 1. The zero-order valence-corrected chi connectivity index (χ0v) is 11.1. The van der Waals surface area contributed by atoms with Crippen molar-refractivity contribution in [3.8, 4) is 0 Å². The highest BCUT2D eigenvalue weighted by Crippen LogP contribution is 2.41. The van der Waals surface area contributed by atoms with E-state index < -0.39 is 0 Å². The monoisotopic (exact) mass is 290 g/mol. The molecule has 1 unspecified atom stereocenters. The average molecular weight is 291 g/mol. The Morgan fingerprint density at radius 1 is 1.64 bits per heavy atom. The molecule has 0 bridgehead atoms. The number of rotatable bonds is 2. The van der Waals surface area contributed by atoms with Gasteiger partial charge >= 0.3 is 0 Å². The summed E-state index contributed by atoms with van der Waals surface area (Å²) in [6, 6.07) is 1.93. The molecule has 1 fully saturated rings. The highest BCUT2D eigenvalue weighted by atomic mass is 79.9. The summed E-state index contributed by atoms with van der Waals surface area (Å²) in [5.74, 6) is 1.41. The van der Waals surface area contributed by atoms with Crippen molar-refractivity contribution in [2.75, 3.05) is 5.75 Å². The largest absolute Gasteiger partial charge is 0.293 e. The Balaban J connectivity index is 2.23. The summed E-state index contributed by atoms with van der Waals surface area (Å²) in [7, 11) is 0. The van der Waals surface area contributed by atoms with Gasteiger partial charge in [-0.3, -0.25) is 4.79 Å². The van der Waals surface area contributed by atoms with Crippen molar-refractivity contribution in [2.24, 2.45) is 0 Å². The second-order valence-corrected chi connectivity index (χ2v) is 7.54. The van der Waals surface area contributed by atoms with E-state index in [9.17, 15) is 4.79 Å². The first kappa shape index (κ1) is 10.7. The van der Waals surface area contributed by atoms with Crippen LogP contribution in [0, 0.1) is 0 Å². The topological polar surface area (TPSA) is 17.1 Å². The summed E-state index contributed by atoms with van der Waals surface area (Å²) in [6.45, 7) is 2.07. The molecule has 0 radical (unpaired) electrons. The molecule has 1 atom stereocenters. The van der Waals surface area contributed by atoms with Gasteiger partial charge in [-0.05, 0) is 47.5 Å². The molecular formula is C10H11BrOS2. The van der Waals surface area contributed by atoms with Crippen molar-refractivity contribution in [3.05, 3.63) is 20.8 Å².